The average molecular weight is 436 g/mol. The molecule has 6 nitrogen and oxygen atoms in total. The van der Waals surface area contributed by atoms with Crippen LogP contribution in [0.3, 0.4) is 0 Å². The zero-order chi connectivity index (χ0) is 18.6. The summed E-state index contributed by atoms with van der Waals surface area (Å²) >= 11 is 0. The van der Waals surface area contributed by atoms with Crippen molar-refractivity contribution < 1.29 is 4.79 Å². The molecule has 2 aromatic heterocycles. The van der Waals surface area contributed by atoms with Crippen molar-refractivity contribution in [3.8, 4) is 0 Å². The van der Waals surface area contributed by atoms with E-state index in [-0.39, 0.29) is 42.8 Å². The third-order valence-corrected chi connectivity index (χ3v) is 5.25. The first-order chi connectivity index (χ1) is 13.2. The number of aryl methyl sites for hydroxylation is 2. The Morgan fingerprint density at radius 3 is 2.72 bits per heavy atom. The van der Waals surface area contributed by atoms with Gasteiger partial charge in [-0.3, -0.25) is 4.79 Å². The van der Waals surface area contributed by atoms with Crippen LogP contribution < -0.4 is 11.1 Å². The maximum absolute atomic E-state index is 12.6. The minimum atomic E-state index is -0.0951. The summed E-state index contributed by atoms with van der Waals surface area (Å²) < 4.78 is 2.03. The van der Waals surface area contributed by atoms with Crippen LogP contribution in [0.2, 0.25) is 0 Å². The fourth-order valence-corrected chi connectivity index (χ4v) is 3.76. The van der Waals surface area contributed by atoms with Crippen LogP contribution in [0.4, 0.5) is 0 Å². The fraction of sp³-hybridized carbons (Fsp3) is 0.381. The molecule has 4 rings (SSSR count). The smallest absolute Gasteiger partial charge is 0.253 e. The first kappa shape index (κ1) is 23.1. The standard InChI is InChI=1S/C21H25N5O.2ClH/c22-17-7-4-8-18(12-17)25-21(27)16-11-19-20(23-13-16)26(14-24-19)10-9-15-5-2-1-3-6-15;;/h1-3,5-6,11,13-14,17-18H,4,7-10,12,22H2,(H,25,27);2*1H/t17-,18-;;/m1../s1. The van der Waals surface area contributed by atoms with Gasteiger partial charge in [0.2, 0.25) is 0 Å². The van der Waals surface area contributed by atoms with Crippen LogP contribution in [0.1, 0.15) is 41.6 Å². The number of carbonyl (C=O) groups is 1. The highest BCUT2D eigenvalue weighted by atomic mass is 35.5. The van der Waals surface area contributed by atoms with E-state index in [1.165, 1.54) is 5.56 Å². The Morgan fingerprint density at radius 2 is 1.97 bits per heavy atom. The Labute approximate surface area is 183 Å². The summed E-state index contributed by atoms with van der Waals surface area (Å²) in [5.41, 5.74) is 9.39. The number of fused-ring (bicyclic) bond motifs is 1. The fourth-order valence-electron chi connectivity index (χ4n) is 3.76. The highest BCUT2D eigenvalue weighted by Gasteiger charge is 2.21. The van der Waals surface area contributed by atoms with Crippen molar-refractivity contribution >= 4 is 41.9 Å². The van der Waals surface area contributed by atoms with Crippen molar-refractivity contribution in [3.63, 3.8) is 0 Å². The Kier molecular flexibility index (Phi) is 8.44. The van der Waals surface area contributed by atoms with Gasteiger partial charge in [-0.25, -0.2) is 9.97 Å². The maximum atomic E-state index is 12.6. The van der Waals surface area contributed by atoms with Gasteiger partial charge in [-0.15, -0.1) is 24.8 Å². The van der Waals surface area contributed by atoms with Crippen molar-refractivity contribution in [1.29, 1.82) is 0 Å². The minimum absolute atomic E-state index is 0. The second-order valence-corrected chi connectivity index (χ2v) is 7.34. The van der Waals surface area contributed by atoms with Crippen LogP contribution >= 0.6 is 24.8 Å². The summed E-state index contributed by atoms with van der Waals surface area (Å²) in [7, 11) is 0. The minimum Gasteiger partial charge on any atom is -0.349 e. The molecule has 1 aromatic carbocycles. The largest absolute Gasteiger partial charge is 0.349 e. The van der Waals surface area contributed by atoms with E-state index in [4.69, 9.17) is 5.73 Å². The van der Waals surface area contributed by atoms with Gasteiger partial charge in [0.1, 0.15) is 5.52 Å². The molecule has 1 aliphatic rings. The molecule has 1 amide bonds. The molecule has 3 N–H and O–H groups in total. The van der Waals surface area contributed by atoms with E-state index >= 15 is 0 Å². The summed E-state index contributed by atoms with van der Waals surface area (Å²) in [6, 6.07) is 12.5. The van der Waals surface area contributed by atoms with E-state index in [1.807, 2.05) is 28.8 Å². The van der Waals surface area contributed by atoms with E-state index in [0.717, 1.165) is 49.8 Å². The summed E-state index contributed by atoms with van der Waals surface area (Å²) in [6.07, 6.45) is 8.29. The summed E-state index contributed by atoms with van der Waals surface area (Å²) in [5, 5.41) is 3.09. The van der Waals surface area contributed by atoms with E-state index in [2.05, 4.69) is 27.4 Å². The summed E-state index contributed by atoms with van der Waals surface area (Å²) in [5.74, 6) is -0.0951. The topological polar surface area (TPSA) is 85.8 Å². The van der Waals surface area contributed by atoms with E-state index in [9.17, 15) is 4.79 Å². The lowest BCUT2D eigenvalue weighted by atomic mass is 9.91. The maximum Gasteiger partial charge on any atom is 0.253 e. The number of hydrogen-bond acceptors (Lipinski definition) is 4. The zero-order valence-corrected chi connectivity index (χ0v) is 17.8. The van der Waals surface area contributed by atoms with Crippen LogP contribution in [0.5, 0.6) is 0 Å². The quantitative estimate of drug-likeness (QED) is 0.641. The Bertz CT molecular complexity index is 931. The second-order valence-electron chi connectivity index (χ2n) is 7.34. The van der Waals surface area contributed by atoms with Crippen LogP contribution in [0, 0.1) is 0 Å². The molecule has 156 valence electrons. The first-order valence-electron chi connectivity index (χ1n) is 9.60. The molecule has 0 aliphatic heterocycles. The Morgan fingerprint density at radius 1 is 1.17 bits per heavy atom. The summed E-state index contributed by atoms with van der Waals surface area (Å²) in [6.45, 7) is 0.805. The molecule has 0 bridgehead atoms. The van der Waals surface area contributed by atoms with Crippen molar-refractivity contribution in [2.75, 3.05) is 0 Å². The molecule has 0 radical (unpaired) electrons. The Balaban J connectivity index is 0.00000150. The molecule has 29 heavy (non-hydrogen) atoms. The molecule has 0 unspecified atom stereocenters. The number of amides is 1. The van der Waals surface area contributed by atoms with Crippen LogP contribution in [-0.2, 0) is 13.0 Å². The van der Waals surface area contributed by atoms with E-state index in [0.29, 0.717) is 5.56 Å². The summed E-state index contributed by atoms with van der Waals surface area (Å²) in [4.78, 5) is 21.5. The highest BCUT2D eigenvalue weighted by Crippen LogP contribution is 2.18. The van der Waals surface area contributed by atoms with Crippen LogP contribution in [0.15, 0.2) is 48.9 Å². The number of nitrogens with one attached hydrogen (secondary N) is 1. The normalized spacial score (nSPS) is 18.5. The molecule has 1 fully saturated rings. The lowest BCUT2D eigenvalue weighted by molar-refractivity contribution is 0.0925. The zero-order valence-electron chi connectivity index (χ0n) is 16.2. The van der Waals surface area contributed by atoms with Gasteiger partial charge in [-0.2, -0.15) is 0 Å². The van der Waals surface area contributed by atoms with Crippen LogP contribution in [0.25, 0.3) is 11.2 Å². The number of carbonyl (C=O) groups excluding carboxylic acids is 1. The lowest BCUT2D eigenvalue weighted by Crippen LogP contribution is -2.42. The van der Waals surface area contributed by atoms with Gasteiger partial charge in [0, 0.05) is 24.8 Å². The molecule has 2 heterocycles. The monoisotopic (exact) mass is 435 g/mol. The highest BCUT2D eigenvalue weighted by molar-refractivity contribution is 5.96. The molecule has 1 saturated carbocycles. The Hall–Kier alpha value is -2.15. The van der Waals surface area contributed by atoms with Crippen molar-refractivity contribution in [1.82, 2.24) is 19.9 Å². The molecular formula is C21H27Cl2N5O. The first-order valence-corrected chi connectivity index (χ1v) is 9.60. The van der Waals surface area contributed by atoms with Crippen molar-refractivity contribution in [3.05, 3.63) is 60.0 Å². The van der Waals surface area contributed by atoms with Gasteiger partial charge in [0.15, 0.2) is 5.65 Å². The number of halogens is 2. The number of pyridine rings is 1. The number of nitrogens with zero attached hydrogens (tertiary/aromatic N) is 3. The molecular weight excluding hydrogens is 409 g/mol. The van der Waals surface area contributed by atoms with Crippen LogP contribution in [-0.4, -0.2) is 32.5 Å². The molecule has 8 heteroatoms. The van der Waals surface area contributed by atoms with E-state index < -0.39 is 0 Å². The molecule has 0 saturated heterocycles. The predicted molar refractivity (Wildman–Crippen MR) is 120 cm³/mol. The van der Waals surface area contributed by atoms with Gasteiger partial charge in [0.05, 0.1) is 11.9 Å². The number of rotatable bonds is 5. The molecule has 0 spiro atoms. The number of hydrogen-bond donors (Lipinski definition) is 2. The van der Waals surface area contributed by atoms with Gasteiger partial charge >= 0.3 is 0 Å². The number of nitrogens with two attached hydrogens (primary N) is 1. The van der Waals surface area contributed by atoms with Crippen molar-refractivity contribution in [2.45, 2.75) is 50.7 Å². The van der Waals surface area contributed by atoms with E-state index in [1.54, 1.807) is 12.5 Å². The predicted octanol–water partition coefficient (Wildman–Crippen LogP) is 3.52. The molecule has 1 aliphatic carbocycles. The molecule has 2 atom stereocenters. The number of benzene rings is 1. The molecule has 3 aromatic rings. The van der Waals surface area contributed by atoms with Gasteiger partial charge in [-0.05, 0) is 43.7 Å². The van der Waals surface area contributed by atoms with Crippen molar-refractivity contribution in [2.24, 2.45) is 5.73 Å². The lowest BCUT2D eigenvalue weighted by Gasteiger charge is -2.27. The number of aromatic nitrogens is 3. The number of imidazole rings is 1. The SMILES string of the molecule is Cl.Cl.N[C@@H]1CCC[C@@H](NC(=O)c2cnc3c(c2)ncn3CCc2ccccc2)C1. The van der Waals surface area contributed by atoms with Gasteiger partial charge in [-0.1, -0.05) is 30.3 Å². The van der Waals surface area contributed by atoms with Gasteiger partial charge in [0.25, 0.3) is 5.91 Å². The average Bonchev–Trinajstić information content (AvgIpc) is 3.09. The third-order valence-electron chi connectivity index (χ3n) is 5.25. The van der Waals surface area contributed by atoms with Gasteiger partial charge < -0.3 is 15.6 Å². The third kappa shape index (κ3) is 5.69. The second kappa shape index (κ2) is 10.6.